The molecule has 1 atom stereocenters. The van der Waals surface area contributed by atoms with Crippen LogP contribution in [0.3, 0.4) is 0 Å². The van der Waals surface area contributed by atoms with Crippen molar-refractivity contribution in [3.05, 3.63) is 59.2 Å². The molecule has 2 heterocycles. The summed E-state index contributed by atoms with van der Waals surface area (Å²) in [5.74, 6) is 2.39. The van der Waals surface area contributed by atoms with Crippen LogP contribution in [-0.4, -0.2) is 38.2 Å². The minimum absolute atomic E-state index is 0.0249. The highest BCUT2D eigenvalue weighted by Crippen LogP contribution is 2.40. The predicted octanol–water partition coefficient (Wildman–Crippen LogP) is 3.84. The smallest absolute Gasteiger partial charge is 0.253 e. The fourth-order valence-corrected chi connectivity index (χ4v) is 3.86. The van der Waals surface area contributed by atoms with E-state index >= 15 is 0 Å². The maximum Gasteiger partial charge on any atom is 0.253 e. The number of nitrogens with zero attached hydrogens (tertiary/aromatic N) is 1. The minimum atomic E-state index is -0.0272. The Morgan fingerprint density at radius 2 is 2.00 bits per heavy atom. The molecular weight excluding hydrogens is 342 g/mol. The van der Waals surface area contributed by atoms with Crippen LogP contribution in [0.15, 0.2) is 48.0 Å². The number of fused-ring (bicyclic) bond motifs is 1. The van der Waals surface area contributed by atoms with E-state index in [1.54, 1.807) is 14.2 Å². The number of amides is 1. The number of methoxy groups -OCH3 is 2. The molecule has 27 heavy (non-hydrogen) atoms. The molecule has 2 aromatic carbocycles. The van der Waals surface area contributed by atoms with Crippen molar-refractivity contribution in [3.63, 3.8) is 0 Å². The summed E-state index contributed by atoms with van der Waals surface area (Å²) in [5.41, 5.74) is 2.62. The third kappa shape index (κ3) is 3.25. The van der Waals surface area contributed by atoms with Crippen molar-refractivity contribution in [2.24, 2.45) is 0 Å². The van der Waals surface area contributed by atoms with Gasteiger partial charge < -0.3 is 19.1 Å². The van der Waals surface area contributed by atoms with Gasteiger partial charge in [0.25, 0.3) is 5.91 Å². The van der Waals surface area contributed by atoms with Crippen LogP contribution in [0.4, 0.5) is 0 Å². The molecule has 1 fully saturated rings. The van der Waals surface area contributed by atoms with E-state index in [1.807, 2.05) is 53.4 Å². The van der Waals surface area contributed by atoms with Gasteiger partial charge in [-0.15, -0.1) is 0 Å². The van der Waals surface area contributed by atoms with Gasteiger partial charge in [0.2, 0.25) is 0 Å². The van der Waals surface area contributed by atoms with E-state index < -0.39 is 0 Å². The van der Waals surface area contributed by atoms with Gasteiger partial charge in [0.15, 0.2) is 0 Å². The van der Waals surface area contributed by atoms with Crippen molar-refractivity contribution >= 4 is 12.0 Å². The van der Waals surface area contributed by atoms with Crippen LogP contribution in [0.1, 0.15) is 30.0 Å². The summed E-state index contributed by atoms with van der Waals surface area (Å²) in [7, 11) is 3.30. The van der Waals surface area contributed by atoms with Gasteiger partial charge in [0.05, 0.1) is 25.8 Å². The number of para-hydroxylation sites is 1. The quantitative estimate of drug-likeness (QED) is 0.826. The highest BCUT2D eigenvalue weighted by molar-refractivity contribution is 5.99. The lowest BCUT2D eigenvalue weighted by Gasteiger charge is -2.28. The first-order valence-corrected chi connectivity index (χ1v) is 9.16. The Morgan fingerprint density at radius 3 is 2.81 bits per heavy atom. The average Bonchev–Trinajstić information content (AvgIpc) is 3.22. The Morgan fingerprint density at radius 1 is 1.15 bits per heavy atom. The highest BCUT2D eigenvalue weighted by Gasteiger charge is 2.34. The summed E-state index contributed by atoms with van der Waals surface area (Å²) in [4.78, 5) is 15.2. The predicted molar refractivity (Wildman–Crippen MR) is 103 cm³/mol. The average molecular weight is 365 g/mol. The van der Waals surface area contributed by atoms with Crippen molar-refractivity contribution in [1.29, 1.82) is 0 Å². The molecular formula is C22H23NO4. The van der Waals surface area contributed by atoms with Crippen LogP contribution in [0.25, 0.3) is 6.08 Å². The molecule has 0 spiro atoms. The molecule has 0 aromatic heterocycles. The van der Waals surface area contributed by atoms with Crippen molar-refractivity contribution in [1.82, 2.24) is 4.90 Å². The number of hydrogen-bond acceptors (Lipinski definition) is 4. The zero-order chi connectivity index (χ0) is 18.8. The largest absolute Gasteiger partial charge is 0.497 e. The molecule has 1 saturated heterocycles. The fourth-order valence-electron chi connectivity index (χ4n) is 3.86. The van der Waals surface area contributed by atoms with Crippen LogP contribution >= 0.6 is 0 Å². The lowest BCUT2D eigenvalue weighted by atomic mass is 10.0. The number of carbonyl (C=O) groups excluding carboxylic acids is 1. The van der Waals surface area contributed by atoms with Gasteiger partial charge >= 0.3 is 0 Å². The third-order valence-electron chi connectivity index (χ3n) is 5.22. The fraction of sp³-hybridized carbons (Fsp3) is 0.318. The lowest BCUT2D eigenvalue weighted by Crippen LogP contribution is -2.34. The maximum absolute atomic E-state index is 13.3. The second-order valence-corrected chi connectivity index (χ2v) is 6.76. The van der Waals surface area contributed by atoms with Crippen LogP contribution in [-0.2, 0) is 4.79 Å². The Hall–Kier alpha value is -2.95. The monoisotopic (exact) mass is 365 g/mol. The van der Waals surface area contributed by atoms with E-state index in [-0.39, 0.29) is 11.9 Å². The van der Waals surface area contributed by atoms with Crippen LogP contribution in [0.5, 0.6) is 17.2 Å². The second kappa shape index (κ2) is 7.35. The first kappa shape index (κ1) is 17.5. The van der Waals surface area contributed by atoms with Crippen molar-refractivity contribution < 1.29 is 19.0 Å². The number of rotatable bonds is 4. The number of hydrogen-bond donors (Lipinski definition) is 0. The number of ether oxygens (including phenoxy) is 3. The van der Waals surface area contributed by atoms with E-state index in [0.717, 1.165) is 47.8 Å². The summed E-state index contributed by atoms with van der Waals surface area (Å²) in [6.45, 7) is 1.02. The molecule has 0 radical (unpaired) electrons. The molecule has 1 unspecified atom stereocenters. The first-order chi connectivity index (χ1) is 13.2. The summed E-state index contributed by atoms with van der Waals surface area (Å²) in [6.07, 6.45) is 3.81. The number of likely N-dealkylation sites (tertiary alicyclic amines) is 1. The molecule has 5 nitrogen and oxygen atoms in total. The van der Waals surface area contributed by atoms with E-state index in [0.29, 0.717) is 12.2 Å². The van der Waals surface area contributed by atoms with Crippen LogP contribution < -0.4 is 14.2 Å². The lowest BCUT2D eigenvalue weighted by molar-refractivity contribution is -0.128. The Kier molecular flexibility index (Phi) is 4.75. The molecule has 5 heteroatoms. The molecule has 0 N–H and O–H groups in total. The topological polar surface area (TPSA) is 48.0 Å². The second-order valence-electron chi connectivity index (χ2n) is 6.76. The Balaban J connectivity index is 1.64. The number of carbonyl (C=O) groups is 1. The van der Waals surface area contributed by atoms with E-state index in [2.05, 4.69) is 0 Å². The standard InChI is InChI=1S/C22H23NO4/c1-25-17-9-10-21(26-2)18(13-17)19-7-5-11-23(19)22(24)16-12-15-6-3-4-8-20(15)27-14-16/h3-4,6,8-10,12-13,19H,5,7,11,14H2,1-2H3. The van der Waals surface area contributed by atoms with Gasteiger partial charge in [-0.3, -0.25) is 4.79 Å². The van der Waals surface area contributed by atoms with Crippen molar-refractivity contribution in [2.45, 2.75) is 18.9 Å². The SMILES string of the molecule is COc1ccc(OC)c(C2CCCN2C(=O)C2=Cc3ccccc3OC2)c1. The Bertz CT molecular complexity index is 890. The van der Waals surface area contributed by atoms with E-state index in [9.17, 15) is 4.79 Å². The minimum Gasteiger partial charge on any atom is -0.497 e. The van der Waals surface area contributed by atoms with Gasteiger partial charge in [0.1, 0.15) is 23.9 Å². The summed E-state index contributed by atoms with van der Waals surface area (Å²) in [5, 5.41) is 0. The van der Waals surface area contributed by atoms with Crippen molar-refractivity contribution in [3.8, 4) is 17.2 Å². The van der Waals surface area contributed by atoms with Gasteiger partial charge in [-0.2, -0.15) is 0 Å². The molecule has 0 bridgehead atoms. The van der Waals surface area contributed by atoms with Gasteiger partial charge in [0, 0.05) is 17.7 Å². The summed E-state index contributed by atoms with van der Waals surface area (Å²) >= 11 is 0. The zero-order valence-corrected chi connectivity index (χ0v) is 15.6. The van der Waals surface area contributed by atoms with Gasteiger partial charge in [-0.05, 0) is 43.2 Å². The molecule has 2 aliphatic heterocycles. The zero-order valence-electron chi connectivity index (χ0n) is 15.6. The number of benzene rings is 2. The highest BCUT2D eigenvalue weighted by atomic mass is 16.5. The van der Waals surface area contributed by atoms with Gasteiger partial charge in [-0.1, -0.05) is 18.2 Å². The molecule has 140 valence electrons. The third-order valence-corrected chi connectivity index (χ3v) is 5.22. The van der Waals surface area contributed by atoms with E-state index in [1.165, 1.54) is 0 Å². The molecule has 2 aliphatic rings. The maximum atomic E-state index is 13.3. The summed E-state index contributed by atoms with van der Waals surface area (Å²) < 4.78 is 16.7. The first-order valence-electron chi connectivity index (χ1n) is 9.16. The van der Waals surface area contributed by atoms with Crippen LogP contribution in [0, 0.1) is 0 Å². The molecule has 0 saturated carbocycles. The normalized spacial score (nSPS) is 18.4. The Labute approximate surface area is 159 Å². The molecule has 4 rings (SSSR count). The van der Waals surface area contributed by atoms with E-state index in [4.69, 9.17) is 14.2 Å². The molecule has 0 aliphatic carbocycles. The molecule has 1 amide bonds. The summed E-state index contributed by atoms with van der Waals surface area (Å²) in [6, 6.07) is 13.5. The van der Waals surface area contributed by atoms with Crippen LogP contribution in [0.2, 0.25) is 0 Å². The van der Waals surface area contributed by atoms with Crippen molar-refractivity contribution in [2.75, 3.05) is 27.4 Å². The molecule has 2 aromatic rings. The van der Waals surface area contributed by atoms with Gasteiger partial charge in [-0.25, -0.2) is 0 Å².